The van der Waals surface area contributed by atoms with E-state index in [9.17, 15) is 15.2 Å². The zero-order chi connectivity index (χ0) is 27.9. The van der Waals surface area contributed by atoms with Crippen LogP contribution in [-0.2, 0) is 19.6 Å². The second kappa shape index (κ2) is 15.9. The van der Waals surface area contributed by atoms with E-state index in [0.717, 1.165) is 24.3 Å². The zero-order valence-corrected chi connectivity index (χ0v) is 22.5. The summed E-state index contributed by atoms with van der Waals surface area (Å²) in [5.41, 5.74) is 3.52. The first kappa shape index (κ1) is 29.4. The molecule has 1 atom stereocenters. The predicted molar refractivity (Wildman–Crippen MR) is 154 cm³/mol. The number of hydrogen-bond donors (Lipinski definition) is 1. The highest BCUT2D eigenvalue weighted by molar-refractivity contribution is 5.45. The second-order valence-corrected chi connectivity index (χ2v) is 9.08. The van der Waals surface area contributed by atoms with Crippen molar-refractivity contribution in [2.75, 3.05) is 20.3 Å². The molecule has 0 aliphatic rings. The Labute approximate surface area is 230 Å². The molecule has 0 saturated heterocycles. The first-order valence-electron chi connectivity index (χ1n) is 12.9. The normalized spacial score (nSPS) is 11.3. The van der Waals surface area contributed by atoms with Gasteiger partial charge in [0.05, 0.1) is 18.6 Å². The Morgan fingerprint density at radius 3 is 2.00 bits per heavy atom. The maximum atomic E-state index is 10.8. The highest BCUT2D eigenvalue weighted by Crippen LogP contribution is 2.26. The molecule has 39 heavy (non-hydrogen) atoms. The predicted octanol–water partition coefficient (Wildman–Crippen LogP) is 6.29. The molecular weight excluding hydrogens is 492 g/mol. The van der Waals surface area contributed by atoms with E-state index in [2.05, 4.69) is 48.2 Å². The molecule has 4 aromatic carbocycles. The molecule has 7 heteroatoms. The fraction of sp³-hybridized carbons (Fsp3) is 0.250. The van der Waals surface area contributed by atoms with Crippen LogP contribution in [0.25, 0.3) is 0 Å². The van der Waals surface area contributed by atoms with Crippen LogP contribution in [0.5, 0.6) is 11.5 Å². The van der Waals surface area contributed by atoms with Gasteiger partial charge in [0.25, 0.3) is 0 Å². The Morgan fingerprint density at radius 1 is 0.821 bits per heavy atom. The van der Waals surface area contributed by atoms with Crippen LogP contribution < -0.4 is 9.47 Å². The van der Waals surface area contributed by atoms with Gasteiger partial charge in [0.2, 0.25) is 0 Å². The van der Waals surface area contributed by atoms with E-state index < -0.39 is 4.92 Å². The fourth-order valence-corrected chi connectivity index (χ4v) is 4.10. The zero-order valence-electron chi connectivity index (χ0n) is 22.5. The van der Waals surface area contributed by atoms with Crippen molar-refractivity contribution in [2.24, 2.45) is 0 Å². The van der Waals surface area contributed by atoms with Gasteiger partial charge in [0.1, 0.15) is 12.4 Å². The summed E-state index contributed by atoms with van der Waals surface area (Å²) in [4.78, 5) is 12.6. The van der Waals surface area contributed by atoms with E-state index in [1.165, 1.54) is 17.2 Å². The van der Waals surface area contributed by atoms with E-state index in [0.29, 0.717) is 24.9 Å². The standard InChI is InChI=1S/C19H25NO2.C13H11NO3/c1-16(14-17-8-10-19(22-2)11-9-17)20(12-13-21)15-18-6-4-3-5-7-18;15-14(16)12-8-4-5-9-13(12)17-10-11-6-2-1-3-7-11/h3-11,16,21H,12-15H2,1-2H3;1-9H,10H2/t16-;/m1./s1. The van der Waals surface area contributed by atoms with Crippen LogP contribution in [0.4, 0.5) is 5.69 Å². The minimum atomic E-state index is -0.444. The summed E-state index contributed by atoms with van der Waals surface area (Å²) in [5, 5.41) is 20.1. The number of nitro benzene ring substituents is 1. The number of benzene rings is 4. The summed E-state index contributed by atoms with van der Waals surface area (Å²) < 4.78 is 10.6. The average Bonchev–Trinajstić information content (AvgIpc) is 2.98. The maximum Gasteiger partial charge on any atom is 0.310 e. The van der Waals surface area contributed by atoms with Crippen LogP contribution in [0.3, 0.4) is 0 Å². The lowest BCUT2D eigenvalue weighted by Crippen LogP contribution is -2.36. The Morgan fingerprint density at radius 2 is 1.41 bits per heavy atom. The lowest BCUT2D eigenvalue weighted by molar-refractivity contribution is -0.385. The van der Waals surface area contributed by atoms with Crippen LogP contribution in [-0.4, -0.2) is 41.2 Å². The Hall–Kier alpha value is -4.20. The summed E-state index contributed by atoms with van der Waals surface area (Å²) in [7, 11) is 1.68. The molecule has 4 rings (SSSR count). The molecule has 4 aromatic rings. The van der Waals surface area contributed by atoms with E-state index in [-0.39, 0.29) is 12.3 Å². The van der Waals surface area contributed by atoms with Crippen molar-refractivity contribution in [3.05, 3.63) is 136 Å². The van der Waals surface area contributed by atoms with Crippen molar-refractivity contribution in [3.63, 3.8) is 0 Å². The molecule has 0 amide bonds. The van der Waals surface area contributed by atoms with Crippen LogP contribution in [0.15, 0.2) is 109 Å². The Kier molecular flexibility index (Phi) is 12.0. The molecule has 0 saturated carbocycles. The van der Waals surface area contributed by atoms with Crippen molar-refractivity contribution >= 4 is 5.69 Å². The van der Waals surface area contributed by atoms with Gasteiger partial charge < -0.3 is 14.6 Å². The summed E-state index contributed by atoms with van der Waals surface area (Å²) in [6, 6.07) is 34.9. The van der Waals surface area contributed by atoms with Crippen LogP contribution >= 0.6 is 0 Å². The molecule has 0 aliphatic carbocycles. The lowest BCUT2D eigenvalue weighted by atomic mass is 10.0. The SMILES string of the molecule is COc1ccc(C[C@@H](C)N(CCO)Cc2ccccc2)cc1.O=[N+]([O-])c1ccccc1OCc1ccccc1. The van der Waals surface area contributed by atoms with E-state index >= 15 is 0 Å². The van der Waals surface area contributed by atoms with Gasteiger partial charge in [-0.2, -0.15) is 0 Å². The maximum absolute atomic E-state index is 10.8. The third-order valence-electron chi connectivity index (χ3n) is 6.23. The molecule has 0 aromatic heterocycles. The molecule has 0 radical (unpaired) electrons. The number of nitrogens with zero attached hydrogens (tertiary/aromatic N) is 2. The van der Waals surface area contributed by atoms with E-state index in [1.54, 1.807) is 25.3 Å². The fourth-order valence-electron chi connectivity index (χ4n) is 4.10. The van der Waals surface area contributed by atoms with Gasteiger partial charge in [-0.25, -0.2) is 0 Å². The van der Waals surface area contributed by atoms with Crippen LogP contribution in [0, 0.1) is 10.1 Å². The van der Waals surface area contributed by atoms with Gasteiger partial charge >= 0.3 is 5.69 Å². The quantitative estimate of drug-likeness (QED) is 0.172. The van der Waals surface area contributed by atoms with Gasteiger partial charge in [0, 0.05) is 25.2 Å². The lowest BCUT2D eigenvalue weighted by Gasteiger charge is -2.28. The van der Waals surface area contributed by atoms with Crippen molar-refractivity contribution in [1.82, 2.24) is 4.90 Å². The van der Waals surface area contributed by atoms with Gasteiger partial charge in [-0.15, -0.1) is 0 Å². The van der Waals surface area contributed by atoms with Gasteiger partial charge in [-0.3, -0.25) is 15.0 Å². The summed E-state index contributed by atoms with van der Waals surface area (Å²) in [6.45, 7) is 4.26. The van der Waals surface area contributed by atoms with Crippen molar-refractivity contribution in [2.45, 2.75) is 32.5 Å². The third-order valence-corrected chi connectivity index (χ3v) is 6.23. The number of nitro groups is 1. The summed E-state index contributed by atoms with van der Waals surface area (Å²) in [6.07, 6.45) is 0.955. The topological polar surface area (TPSA) is 85.1 Å². The second-order valence-electron chi connectivity index (χ2n) is 9.08. The molecule has 0 bridgehead atoms. The van der Waals surface area contributed by atoms with Crippen LogP contribution in [0.1, 0.15) is 23.6 Å². The number of ether oxygens (including phenoxy) is 2. The summed E-state index contributed by atoms with van der Waals surface area (Å²) in [5.74, 6) is 1.18. The molecule has 0 heterocycles. The van der Waals surface area contributed by atoms with E-state index in [1.807, 2.05) is 48.5 Å². The molecule has 0 fully saturated rings. The van der Waals surface area contributed by atoms with E-state index in [4.69, 9.17) is 9.47 Å². The highest BCUT2D eigenvalue weighted by Gasteiger charge is 2.15. The van der Waals surface area contributed by atoms with Gasteiger partial charge in [-0.1, -0.05) is 84.9 Å². The summed E-state index contributed by atoms with van der Waals surface area (Å²) >= 11 is 0. The molecule has 0 unspecified atom stereocenters. The number of para-hydroxylation sites is 2. The molecular formula is C32H36N2O5. The Balaban J connectivity index is 0.000000223. The van der Waals surface area contributed by atoms with Gasteiger partial charge in [0.15, 0.2) is 5.75 Å². The molecule has 0 spiro atoms. The largest absolute Gasteiger partial charge is 0.497 e. The van der Waals surface area contributed by atoms with Crippen LogP contribution in [0.2, 0.25) is 0 Å². The molecule has 204 valence electrons. The first-order valence-corrected chi connectivity index (χ1v) is 12.9. The van der Waals surface area contributed by atoms with Crippen molar-refractivity contribution in [3.8, 4) is 11.5 Å². The average molecular weight is 529 g/mol. The number of rotatable bonds is 12. The molecule has 1 N–H and O–H groups in total. The number of aliphatic hydroxyl groups is 1. The molecule has 0 aliphatic heterocycles. The minimum Gasteiger partial charge on any atom is -0.497 e. The highest BCUT2D eigenvalue weighted by atomic mass is 16.6. The first-order chi connectivity index (χ1) is 19.0. The number of aliphatic hydroxyl groups excluding tert-OH is 1. The smallest absolute Gasteiger partial charge is 0.310 e. The number of methoxy groups -OCH3 is 1. The minimum absolute atomic E-state index is 0.0107. The van der Waals surface area contributed by atoms with Crippen molar-refractivity contribution < 1.29 is 19.5 Å². The monoisotopic (exact) mass is 528 g/mol. The Bertz CT molecular complexity index is 1250. The van der Waals surface area contributed by atoms with Gasteiger partial charge in [-0.05, 0) is 48.2 Å². The third kappa shape index (κ3) is 9.89. The number of hydrogen-bond acceptors (Lipinski definition) is 6. The molecule has 7 nitrogen and oxygen atoms in total. The van der Waals surface area contributed by atoms with Crippen molar-refractivity contribution in [1.29, 1.82) is 0 Å².